The highest BCUT2D eigenvalue weighted by Crippen LogP contribution is 2.28. The number of methoxy groups -OCH3 is 2. The summed E-state index contributed by atoms with van der Waals surface area (Å²) in [6.45, 7) is 5.22. The zero-order chi connectivity index (χ0) is 21.8. The molecule has 4 rings (SSSR count). The normalized spacial score (nSPS) is 13.8. The Balaban J connectivity index is 1.49. The molecule has 1 saturated heterocycles. The molecular weight excluding hydrogens is 394 g/mol. The van der Waals surface area contributed by atoms with Crippen LogP contribution in [0, 0.1) is 6.92 Å². The maximum Gasteiger partial charge on any atom is 0.228 e. The van der Waals surface area contributed by atoms with Gasteiger partial charge in [-0.25, -0.2) is 4.98 Å². The standard InChI is InChI=1S/C24H27N3O4/c1-16-12-23(27-8-10-31-11-9-27)26-20-6-5-18(15-19(16)20)25-24(28)14-17-4-7-21(29-2)22(13-17)30-3/h4-7,12-13,15H,8-11,14H2,1-3H3,(H,25,28). The van der Waals surface area contributed by atoms with Crippen molar-refractivity contribution in [1.82, 2.24) is 4.98 Å². The second-order valence-corrected chi connectivity index (χ2v) is 7.54. The SMILES string of the molecule is COc1ccc(CC(=O)Nc2ccc3nc(N4CCOCC4)cc(C)c3c2)cc1OC. The Morgan fingerprint density at radius 1 is 1.06 bits per heavy atom. The predicted octanol–water partition coefficient (Wildman–Crippen LogP) is 3.58. The Labute approximate surface area is 181 Å². The van der Waals surface area contributed by atoms with E-state index in [-0.39, 0.29) is 12.3 Å². The molecule has 0 unspecified atom stereocenters. The van der Waals surface area contributed by atoms with E-state index in [0.29, 0.717) is 11.5 Å². The van der Waals surface area contributed by atoms with E-state index < -0.39 is 0 Å². The van der Waals surface area contributed by atoms with Gasteiger partial charge in [0.2, 0.25) is 5.91 Å². The van der Waals surface area contributed by atoms with Crippen molar-refractivity contribution in [2.24, 2.45) is 0 Å². The van der Waals surface area contributed by atoms with Crippen molar-refractivity contribution >= 4 is 28.3 Å². The molecule has 0 radical (unpaired) electrons. The predicted molar refractivity (Wildman–Crippen MR) is 121 cm³/mol. The van der Waals surface area contributed by atoms with Crippen LogP contribution in [0.25, 0.3) is 10.9 Å². The van der Waals surface area contributed by atoms with Crippen molar-refractivity contribution in [2.45, 2.75) is 13.3 Å². The lowest BCUT2D eigenvalue weighted by atomic mass is 10.1. The minimum Gasteiger partial charge on any atom is -0.493 e. The van der Waals surface area contributed by atoms with Gasteiger partial charge in [0.1, 0.15) is 5.82 Å². The summed E-state index contributed by atoms with van der Waals surface area (Å²) < 4.78 is 16.0. The summed E-state index contributed by atoms with van der Waals surface area (Å²) in [5.74, 6) is 2.12. The molecule has 0 bridgehead atoms. The van der Waals surface area contributed by atoms with E-state index in [1.165, 1.54) is 0 Å². The van der Waals surface area contributed by atoms with E-state index in [1.807, 2.05) is 30.3 Å². The topological polar surface area (TPSA) is 72.9 Å². The first kappa shape index (κ1) is 20.9. The van der Waals surface area contributed by atoms with E-state index in [4.69, 9.17) is 19.2 Å². The zero-order valence-corrected chi connectivity index (χ0v) is 18.1. The number of fused-ring (bicyclic) bond motifs is 1. The number of aromatic nitrogens is 1. The molecule has 162 valence electrons. The number of aryl methyl sites for hydroxylation is 1. The Bertz CT molecular complexity index is 1090. The molecule has 1 aliphatic heterocycles. The Morgan fingerprint density at radius 2 is 1.84 bits per heavy atom. The van der Waals surface area contributed by atoms with Crippen LogP contribution in [0.15, 0.2) is 42.5 Å². The number of carbonyl (C=O) groups is 1. The average molecular weight is 421 g/mol. The fourth-order valence-corrected chi connectivity index (χ4v) is 3.79. The third-order valence-electron chi connectivity index (χ3n) is 5.43. The van der Waals surface area contributed by atoms with Crippen molar-refractivity contribution in [3.63, 3.8) is 0 Å². The van der Waals surface area contributed by atoms with Gasteiger partial charge in [-0.1, -0.05) is 6.07 Å². The molecule has 0 spiro atoms. The van der Waals surface area contributed by atoms with E-state index in [2.05, 4.69) is 23.2 Å². The number of pyridine rings is 1. The van der Waals surface area contributed by atoms with Gasteiger partial charge in [0.25, 0.3) is 0 Å². The molecule has 1 amide bonds. The lowest BCUT2D eigenvalue weighted by Crippen LogP contribution is -2.36. The first-order valence-corrected chi connectivity index (χ1v) is 10.3. The van der Waals surface area contributed by atoms with E-state index in [9.17, 15) is 4.79 Å². The number of nitrogens with one attached hydrogen (secondary N) is 1. The van der Waals surface area contributed by atoms with Gasteiger partial charge in [-0.2, -0.15) is 0 Å². The molecular formula is C24H27N3O4. The number of hydrogen-bond donors (Lipinski definition) is 1. The Hall–Kier alpha value is -3.32. The number of morpholine rings is 1. The lowest BCUT2D eigenvalue weighted by molar-refractivity contribution is -0.115. The van der Waals surface area contributed by atoms with Crippen LogP contribution in [0.1, 0.15) is 11.1 Å². The quantitative estimate of drug-likeness (QED) is 0.656. The number of hydrogen-bond acceptors (Lipinski definition) is 6. The van der Waals surface area contributed by atoms with Gasteiger partial charge in [0, 0.05) is 24.2 Å². The van der Waals surface area contributed by atoms with Crippen molar-refractivity contribution in [3.8, 4) is 11.5 Å². The minimum atomic E-state index is -0.0953. The first-order chi connectivity index (χ1) is 15.1. The van der Waals surface area contributed by atoms with Gasteiger partial charge in [-0.05, 0) is 54.4 Å². The van der Waals surface area contributed by atoms with Gasteiger partial charge in [0.05, 0.1) is 39.4 Å². The van der Waals surface area contributed by atoms with E-state index in [0.717, 1.165) is 59.8 Å². The summed E-state index contributed by atoms with van der Waals surface area (Å²) in [6, 6.07) is 13.4. The largest absolute Gasteiger partial charge is 0.493 e. The zero-order valence-electron chi connectivity index (χ0n) is 18.1. The fraction of sp³-hybridized carbons (Fsp3) is 0.333. The molecule has 0 aliphatic carbocycles. The molecule has 1 fully saturated rings. The number of benzene rings is 2. The molecule has 0 saturated carbocycles. The van der Waals surface area contributed by atoms with Crippen LogP contribution in [-0.4, -0.2) is 51.4 Å². The molecule has 1 N–H and O–H groups in total. The highest BCUT2D eigenvalue weighted by atomic mass is 16.5. The molecule has 1 aromatic heterocycles. The number of carbonyl (C=O) groups excluding carboxylic acids is 1. The highest BCUT2D eigenvalue weighted by Gasteiger charge is 2.15. The maximum atomic E-state index is 12.6. The number of ether oxygens (including phenoxy) is 3. The van der Waals surface area contributed by atoms with Crippen LogP contribution in [0.3, 0.4) is 0 Å². The third kappa shape index (κ3) is 4.72. The molecule has 31 heavy (non-hydrogen) atoms. The maximum absolute atomic E-state index is 12.6. The van der Waals surface area contributed by atoms with Crippen LogP contribution < -0.4 is 19.7 Å². The Morgan fingerprint density at radius 3 is 2.58 bits per heavy atom. The van der Waals surface area contributed by atoms with Crippen molar-refractivity contribution in [1.29, 1.82) is 0 Å². The lowest BCUT2D eigenvalue weighted by Gasteiger charge is -2.28. The molecule has 1 aliphatic rings. The van der Waals surface area contributed by atoms with E-state index >= 15 is 0 Å². The first-order valence-electron chi connectivity index (χ1n) is 10.3. The number of rotatable bonds is 6. The number of anilines is 2. The molecule has 7 nitrogen and oxygen atoms in total. The second-order valence-electron chi connectivity index (χ2n) is 7.54. The summed E-state index contributed by atoms with van der Waals surface area (Å²) >= 11 is 0. The summed E-state index contributed by atoms with van der Waals surface area (Å²) in [7, 11) is 3.17. The summed E-state index contributed by atoms with van der Waals surface area (Å²) in [6.07, 6.45) is 0.242. The van der Waals surface area contributed by atoms with Gasteiger partial charge < -0.3 is 24.4 Å². The van der Waals surface area contributed by atoms with Crippen LogP contribution in [0.2, 0.25) is 0 Å². The smallest absolute Gasteiger partial charge is 0.228 e. The van der Waals surface area contributed by atoms with Crippen LogP contribution in [0.5, 0.6) is 11.5 Å². The van der Waals surface area contributed by atoms with Gasteiger partial charge in [-0.3, -0.25) is 4.79 Å². The van der Waals surface area contributed by atoms with Crippen LogP contribution >= 0.6 is 0 Å². The molecule has 0 atom stereocenters. The second kappa shape index (κ2) is 9.22. The summed E-state index contributed by atoms with van der Waals surface area (Å²) in [5.41, 5.74) is 3.65. The highest BCUT2D eigenvalue weighted by molar-refractivity contribution is 5.95. The Kier molecular flexibility index (Phi) is 6.23. The monoisotopic (exact) mass is 421 g/mol. The molecule has 2 aromatic carbocycles. The average Bonchev–Trinajstić information content (AvgIpc) is 2.79. The van der Waals surface area contributed by atoms with Crippen molar-refractivity contribution in [3.05, 3.63) is 53.6 Å². The van der Waals surface area contributed by atoms with Gasteiger partial charge in [0.15, 0.2) is 11.5 Å². The van der Waals surface area contributed by atoms with Crippen molar-refractivity contribution < 1.29 is 19.0 Å². The summed E-state index contributed by atoms with van der Waals surface area (Å²) in [5, 5.41) is 4.02. The summed E-state index contributed by atoms with van der Waals surface area (Å²) in [4.78, 5) is 19.7. The fourth-order valence-electron chi connectivity index (χ4n) is 3.79. The van der Waals surface area contributed by atoms with Crippen LogP contribution in [-0.2, 0) is 16.0 Å². The van der Waals surface area contributed by atoms with Crippen molar-refractivity contribution in [2.75, 3.05) is 50.7 Å². The third-order valence-corrected chi connectivity index (χ3v) is 5.43. The number of amides is 1. The van der Waals surface area contributed by atoms with E-state index in [1.54, 1.807) is 20.3 Å². The van der Waals surface area contributed by atoms with Gasteiger partial charge in [-0.15, -0.1) is 0 Å². The molecule has 3 aromatic rings. The molecule has 7 heteroatoms. The molecule has 2 heterocycles. The van der Waals surface area contributed by atoms with Crippen LogP contribution in [0.4, 0.5) is 11.5 Å². The van der Waals surface area contributed by atoms with Gasteiger partial charge >= 0.3 is 0 Å². The number of nitrogens with zero attached hydrogens (tertiary/aromatic N) is 2. The minimum absolute atomic E-state index is 0.0953.